The molecular weight excluding hydrogens is 294 g/mol. The zero-order valence-corrected chi connectivity index (χ0v) is 14.1. The van der Waals surface area contributed by atoms with Gasteiger partial charge in [-0.25, -0.2) is 0 Å². The van der Waals surface area contributed by atoms with Crippen LogP contribution in [0, 0.1) is 0 Å². The summed E-state index contributed by atoms with van der Waals surface area (Å²) in [6, 6.07) is 8.73. The van der Waals surface area contributed by atoms with Crippen molar-refractivity contribution in [1.82, 2.24) is 14.8 Å². The Bertz CT molecular complexity index is 579. The van der Waals surface area contributed by atoms with Gasteiger partial charge in [0.1, 0.15) is 5.75 Å². The summed E-state index contributed by atoms with van der Waals surface area (Å²) in [5.74, 6) is 0.988. The number of rotatable bonds is 5. The molecule has 5 heteroatoms. The Morgan fingerprint density at radius 2 is 2.00 bits per heavy atom. The lowest BCUT2D eigenvalue weighted by atomic mass is 10.0. The molecule has 2 aromatic rings. The number of benzene rings is 1. The molecule has 0 aliphatic carbocycles. The molecule has 0 amide bonds. The third-order valence-electron chi connectivity index (χ3n) is 4.41. The highest BCUT2D eigenvalue weighted by Gasteiger charge is 2.23. The fourth-order valence-electron chi connectivity index (χ4n) is 3.06. The standard InChI is InChI=1S/C17H23N3OS/c1-14(16-5-3-4-6-17(16)21-2)20-9-7-19(8-10-20)12-15-11-18-13-22-15/h3-6,11,13-14H,7-10,12H2,1-2H3/t14-/m1/s1. The first kappa shape index (κ1) is 15.5. The third kappa shape index (κ3) is 3.48. The summed E-state index contributed by atoms with van der Waals surface area (Å²) in [5.41, 5.74) is 3.19. The molecule has 0 unspecified atom stereocenters. The van der Waals surface area contributed by atoms with Crippen molar-refractivity contribution < 1.29 is 4.74 Å². The van der Waals surface area contributed by atoms with Gasteiger partial charge in [0.05, 0.1) is 12.6 Å². The predicted octanol–water partition coefficient (Wildman–Crippen LogP) is 3.03. The van der Waals surface area contributed by atoms with Gasteiger partial charge >= 0.3 is 0 Å². The molecule has 4 nitrogen and oxygen atoms in total. The molecule has 1 aromatic heterocycles. The van der Waals surface area contributed by atoms with E-state index in [0.717, 1.165) is 38.5 Å². The minimum absolute atomic E-state index is 0.390. The normalized spacial score (nSPS) is 18.3. The quantitative estimate of drug-likeness (QED) is 0.847. The summed E-state index contributed by atoms with van der Waals surface area (Å²) in [5, 5.41) is 0. The highest BCUT2D eigenvalue weighted by molar-refractivity contribution is 7.09. The highest BCUT2D eigenvalue weighted by atomic mass is 32.1. The highest BCUT2D eigenvalue weighted by Crippen LogP contribution is 2.29. The largest absolute Gasteiger partial charge is 0.496 e. The molecule has 1 fully saturated rings. The molecule has 0 bridgehead atoms. The van der Waals surface area contributed by atoms with Gasteiger partial charge in [0.15, 0.2) is 0 Å². The van der Waals surface area contributed by atoms with E-state index in [1.54, 1.807) is 18.4 Å². The van der Waals surface area contributed by atoms with Crippen molar-refractivity contribution in [3.8, 4) is 5.75 Å². The van der Waals surface area contributed by atoms with Crippen LogP contribution >= 0.6 is 11.3 Å². The molecule has 1 atom stereocenters. The summed E-state index contributed by atoms with van der Waals surface area (Å²) in [7, 11) is 1.75. The van der Waals surface area contributed by atoms with Gasteiger partial charge in [0.25, 0.3) is 0 Å². The smallest absolute Gasteiger partial charge is 0.123 e. The fourth-order valence-corrected chi connectivity index (χ4v) is 3.69. The van der Waals surface area contributed by atoms with Gasteiger partial charge in [-0.2, -0.15) is 0 Å². The lowest BCUT2D eigenvalue weighted by Gasteiger charge is -2.38. The summed E-state index contributed by atoms with van der Waals surface area (Å²) < 4.78 is 5.51. The number of para-hydroxylation sites is 1. The van der Waals surface area contributed by atoms with Crippen LogP contribution in [-0.2, 0) is 6.54 Å². The number of hydrogen-bond acceptors (Lipinski definition) is 5. The van der Waals surface area contributed by atoms with Gasteiger partial charge in [-0.3, -0.25) is 14.8 Å². The SMILES string of the molecule is COc1ccccc1[C@@H](C)N1CCN(Cc2cncs2)CC1. The van der Waals surface area contributed by atoms with Crippen molar-refractivity contribution in [2.24, 2.45) is 0 Å². The average molecular weight is 317 g/mol. The maximum atomic E-state index is 5.51. The number of aromatic nitrogens is 1. The Morgan fingerprint density at radius 3 is 2.68 bits per heavy atom. The van der Waals surface area contributed by atoms with Gasteiger partial charge in [-0.05, 0) is 13.0 Å². The van der Waals surface area contributed by atoms with Crippen molar-refractivity contribution >= 4 is 11.3 Å². The maximum Gasteiger partial charge on any atom is 0.123 e. The zero-order chi connectivity index (χ0) is 15.4. The van der Waals surface area contributed by atoms with Crippen LogP contribution in [0.25, 0.3) is 0 Å². The minimum atomic E-state index is 0.390. The van der Waals surface area contributed by atoms with E-state index in [0.29, 0.717) is 6.04 Å². The van der Waals surface area contributed by atoms with Crippen LogP contribution in [-0.4, -0.2) is 48.1 Å². The summed E-state index contributed by atoms with van der Waals surface area (Å²) in [6.07, 6.45) is 1.98. The molecule has 1 saturated heterocycles. The van der Waals surface area contributed by atoms with Gasteiger partial charge < -0.3 is 4.74 Å². The zero-order valence-electron chi connectivity index (χ0n) is 13.2. The predicted molar refractivity (Wildman–Crippen MR) is 90.4 cm³/mol. The second kappa shape index (κ2) is 7.22. The van der Waals surface area contributed by atoms with Crippen LogP contribution in [0.3, 0.4) is 0 Å². The third-order valence-corrected chi connectivity index (χ3v) is 5.17. The van der Waals surface area contributed by atoms with Crippen LogP contribution in [0.15, 0.2) is 36.0 Å². The molecule has 0 radical (unpaired) electrons. The molecule has 1 aromatic carbocycles. The second-order valence-electron chi connectivity index (χ2n) is 5.70. The summed E-state index contributed by atoms with van der Waals surface area (Å²) in [4.78, 5) is 10.6. The van der Waals surface area contributed by atoms with E-state index in [9.17, 15) is 0 Å². The number of thiazole rings is 1. The Morgan fingerprint density at radius 1 is 1.23 bits per heavy atom. The monoisotopic (exact) mass is 317 g/mol. The Balaban J connectivity index is 1.58. The Labute approximate surface area is 136 Å². The Hall–Kier alpha value is -1.43. The van der Waals surface area contributed by atoms with E-state index in [-0.39, 0.29) is 0 Å². The van der Waals surface area contributed by atoms with Gasteiger partial charge in [-0.1, -0.05) is 18.2 Å². The Kier molecular flexibility index (Phi) is 5.08. The molecule has 3 rings (SSSR count). The summed E-state index contributed by atoms with van der Waals surface area (Å²) >= 11 is 1.74. The molecule has 0 saturated carbocycles. The van der Waals surface area contributed by atoms with Gasteiger partial charge in [0, 0.05) is 55.4 Å². The molecule has 0 spiro atoms. The van der Waals surface area contributed by atoms with Crippen LogP contribution in [0.2, 0.25) is 0 Å². The topological polar surface area (TPSA) is 28.6 Å². The van der Waals surface area contributed by atoms with E-state index in [1.807, 2.05) is 23.8 Å². The average Bonchev–Trinajstić information content (AvgIpc) is 3.08. The van der Waals surface area contributed by atoms with Crippen molar-refractivity contribution in [2.45, 2.75) is 19.5 Å². The number of ether oxygens (including phenoxy) is 1. The van der Waals surface area contributed by atoms with E-state index in [1.165, 1.54) is 10.4 Å². The van der Waals surface area contributed by atoms with E-state index >= 15 is 0 Å². The maximum absolute atomic E-state index is 5.51. The van der Waals surface area contributed by atoms with Crippen LogP contribution < -0.4 is 4.74 Å². The summed E-state index contributed by atoms with van der Waals surface area (Å²) in [6.45, 7) is 7.71. The van der Waals surface area contributed by atoms with Crippen molar-refractivity contribution in [2.75, 3.05) is 33.3 Å². The van der Waals surface area contributed by atoms with Crippen LogP contribution in [0.4, 0.5) is 0 Å². The van der Waals surface area contributed by atoms with Gasteiger partial charge in [0.2, 0.25) is 0 Å². The fraction of sp³-hybridized carbons (Fsp3) is 0.471. The number of methoxy groups -OCH3 is 1. The van der Waals surface area contributed by atoms with Crippen LogP contribution in [0.5, 0.6) is 5.75 Å². The molecule has 1 aliphatic heterocycles. The first-order chi connectivity index (χ1) is 10.8. The first-order valence-corrected chi connectivity index (χ1v) is 8.62. The lowest BCUT2D eigenvalue weighted by molar-refractivity contribution is 0.0974. The van der Waals surface area contributed by atoms with Crippen molar-refractivity contribution in [3.05, 3.63) is 46.4 Å². The molecule has 0 N–H and O–H groups in total. The minimum Gasteiger partial charge on any atom is -0.496 e. The lowest BCUT2D eigenvalue weighted by Crippen LogP contribution is -2.46. The van der Waals surface area contributed by atoms with Crippen LogP contribution in [0.1, 0.15) is 23.4 Å². The molecule has 2 heterocycles. The van der Waals surface area contributed by atoms with Crippen molar-refractivity contribution in [3.63, 3.8) is 0 Å². The number of hydrogen-bond donors (Lipinski definition) is 0. The molecule has 1 aliphatic rings. The molecule has 118 valence electrons. The van der Waals surface area contributed by atoms with E-state index in [4.69, 9.17) is 4.74 Å². The number of piperazine rings is 1. The molecular formula is C17H23N3OS. The molecule has 22 heavy (non-hydrogen) atoms. The van der Waals surface area contributed by atoms with Gasteiger partial charge in [-0.15, -0.1) is 11.3 Å². The number of nitrogens with zero attached hydrogens (tertiary/aromatic N) is 3. The van der Waals surface area contributed by atoms with E-state index < -0.39 is 0 Å². The van der Waals surface area contributed by atoms with E-state index in [2.05, 4.69) is 33.8 Å². The van der Waals surface area contributed by atoms with Crippen molar-refractivity contribution in [1.29, 1.82) is 0 Å². The first-order valence-electron chi connectivity index (χ1n) is 7.74. The second-order valence-corrected chi connectivity index (χ2v) is 6.67.